The molecule has 2 aliphatic rings. The van der Waals surface area contributed by atoms with Crippen LogP contribution in [0.2, 0.25) is 0 Å². The Bertz CT molecular complexity index is 1240. The predicted octanol–water partition coefficient (Wildman–Crippen LogP) is 5.68. The Balaban J connectivity index is 1.60. The first-order chi connectivity index (χ1) is 15.7. The summed E-state index contributed by atoms with van der Waals surface area (Å²) in [6.07, 6.45) is 3.33. The Hall–Kier alpha value is -2.60. The Labute approximate surface area is 199 Å². The molecule has 5 nitrogen and oxygen atoms in total. The lowest BCUT2D eigenvalue weighted by molar-refractivity contribution is -0.128. The van der Waals surface area contributed by atoms with Crippen molar-refractivity contribution in [1.82, 2.24) is 9.88 Å². The molecule has 0 bridgehead atoms. The van der Waals surface area contributed by atoms with Gasteiger partial charge in [0.1, 0.15) is 11.2 Å². The van der Waals surface area contributed by atoms with E-state index in [9.17, 15) is 9.59 Å². The number of hydrogen-bond acceptors (Lipinski definition) is 3. The summed E-state index contributed by atoms with van der Waals surface area (Å²) >= 11 is 1.63. The highest BCUT2D eigenvalue weighted by Crippen LogP contribution is 2.39. The molecule has 5 rings (SSSR count). The zero-order valence-electron chi connectivity index (χ0n) is 20.1. The second-order valence-corrected chi connectivity index (χ2v) is 11.3. The van der Waals surface area contributed by atoms with Gasteiger partial charge in [-0.2, -0.15) is 0 Å². The molecule has 6 heteroatoms. The number of carbonyl (C=O) groups excluding carboxylic acids is 2. The van der Waals surface area contributed by atoms with Gasteiger partial charge in [-0.05, 0) is 68.2 Å². The molecule has 0 saturated heterocycles. The average molecular weight is 464 g/mol. The fourth-order valence-corrected chi connectivity index (χ4v) is 6.58. The van der Waals surface area contributed by atoms with Gasteiger partial charge in [-0.25, -0.2) is 0 Å². The third-order valence-corrected chi connectivity index (χ3v) is 8.86. The van der Waals surface area contributed by atoms with Gasteiger partial charge in [-0.1, -0.05) is 44.4 Å². The van der Waals surface area contributed by atoms with Crippen LogP contribution in [0.3, 0.4) is 0 Å². The van der Waals surface area contributed by atoms with E-state index in [0.717, 1.165) is 39.9 Å². The summed E-state index contributed by atoms with van der Waals surface area (Å²) in [6.45, 7) is 10.9. The van der Waals surface area contributed by atoms with Gasteiger partial charge in [-0.15, -0.1) is 11.3 Å². The van der Waals surface area contributed by atoms with Crippen LogP contribution in [0.25, 0.3) is 10.2 Å². The maximum Gasteiger partial charge on any atom is 0.275 e. The molecule has 1 aromatic carbocycles. The van der Waals surface area contributed by atoms with Crippen molar-refractivity contribution in [2.24, 2.45) is 11.8 Å². The van der Waals surface area contributed by atoms with E-state index in [0.29, 0.717) is 24.1 Å². The van der Waals surface area contributed by atoms with Crippen LogP contribution in [0.1, 0.15) is 61.6 Å². The Morgan fingerprint density at radius 1 is 1.15 bits per heavy atom. The van der Waals surface area contributed by atoms with Gasteiger partial charge in [0.2, 0.25) is 5.91 Å². The zero-order chi connectivity index (χ0) is 23.5. The molecule has 3 heterocycles. The van der Waals surface area contributed by atoms with Gasteiger partial charge >= 0.3 is 0 Å². The highest BCUT2D eigenvalue weighted by atomic mass is 32.1. The molecule has 0 radical (unpaired) electrons. The summed E-state index contributed by atoms with van der Waals surface area (Å²) in [5.74, 6) is 0.830. The van der Waals surface area contributed by atoms with Crippen molar-refractivity contribution in [3.63, 3.8) is 0 Å². The summed E-state index contributed by atoms with van der Waals surface area (Å²) in [7, 11) is 0. The van der Waals surface area contributed by atoms with E-state index < -0.39 is 5.54 Å². The smallest absolute Gasteiger partial charge is 0.275 e. The normalized spacial score (nSPS) is 27.6. The number of aromatic nitrogens is 1. The van der Waals surface area contributed by atoms with Gasteiger partial charge in [0.05, 0.1) is 16.8 Å². The van der Waals surface area contributed by atoms with E-state index in [1.165, 1.54) is 6.42 Å². The maximum atomic E-state index is 14.0. The Kier molecular flexibility index (Phi) is 5.39. The van der Waals surface area contributed by atoms with Crippen molar-refractivity contribution in [3.8, 4) is 0 Å². The second kappa shape index (κ2) is 8.01. The van der Waals surface area contributed by atoms with E-state index in [1.807, 2.05) is 55.0 Å². The summed E-state index contributed by atoms with van der Waals surface area (Å²) < 4.78 is 3.12. The molecule has 2 aromatic heterocycles. The van der Waals surface area contributed by atoms with Gasteiger partial charge in [0.15, 0.2) is 0 Å². The molecule has 2 amide bonds. The summed E-state index contributed by atoms with van der Waals surface area (Å²) in [5.41, 5.74) is 3.61. The number of carbonyl (C=O) groups is 2. The van der Waals surface area contributed by atoms with Crippen LogP contribution in [0.15, 0.2) is 35.7 Å². The maximum absolute atomic E-state index is 14.0. The van der Waals surface area contributed by atoms with Crippen LogP contribution in [-0.2, 0) is 11.3 Å². The van der Waals surface area contributed by atoms with E-state index >= 15 is 0 Å². The van der Waals surface area contributed by atoms with Crippen LogP contribution in [-0.4, -0.2) is 28.0 Å². The fraction of sp³-hybridized carbons (Fsp3) is 0.481. The number of aryl methyl sites for hydroxylation is 2. The third-order valence-electron chi connectivity index (χ3n) is 8.01. The topological polar surface area (TPSA) is 54.3 Å². The monoisotopic (exact) mass is 463 g/mol. The summed E-state index contributed by atoms with van der Waals surface area (Å²) in [4.78, 5) is 29.8. The van der Waals surface area contributed by atoms with Crippen LogP contribution in [0.4, 0.5) is 5.69 Å². The highest BCUT2D eigenvalue weighted by molar-refractivity contribution is 7.17. The Morgan fingerprint density at radius 2 is 1.94 bits per heavy atom. The zero-order valence-corrected chi connectivity index (χ0v) is 21.0. The standard InChI is InChI=1S/C27H33N3O2S/c1-16-9-10-21(18(3)13-16)30-25(31)23-14-24-22(11-12-33-24)29(23)15-27(30,5)26(32)28-20-8-6-7-17(2)19(20)4/h9-14,17,19-20H,6-8,15H2,1-5H3,(H,28,32)/t17-,19+,20+,27+/m0/s1. The van der Waals surface area contributed by atoms with Crippen LogP contribution in [0.5, 0.6) is 0 Å². The number of nitrogens with zero attached hydrogens (tertiary/aromatic N) is 2. The summed E-state index contributed by atoms with van der Waals surface area (Å²) in [6, 6.07) is 10.2. The number of thiophene rings is 1. The molecular weight excluding hydrogens is 430 g/mol. The number of benzene rings is 1. The molecule has 3 aromatic rings. The molecule has 1 fully saturated rings. The minimum atomic E-state index is -1.03. The van der Waals surface area contributed by atoms with Crippen molar-refractivity contribution < 1.29 is 9.59 Å². The van der Waals surface area contributed by atoms with Gasteiger partial charge < -0.3 is 9.88 Å². The Morgan fingerprint density at radius 3 is 2.70 bits per heavy atom. The van der Waals surface area contributed by atoms with Gasteiger partial charge in [-0.3, -0.25) is 14.5 Å². The predicted molar refractivity (Wildman–Crippen MR) is 135 cm³/mol. The van der Waals surface area contributed by atoms with Crippen LogP contribution in [0, 0.1) is 25.7 Å². The van der Waals surface area contributed by atoms with Crippen LogP contribution >= 0.6 is 11.3 Å². The molecule has 0 unspecified atom stereocenters. The fourth-order valence-electron chi connectivity index (χ4n) is 5.76. The number of amides is 2. The lowest BCUT2D eigenvalue weighted by atomic mass is 9.77. The van der Waals surface area contributed by atoms with Crippen molar-refractivity contribution in [3.05, 3.63) is 52.5 Å². The quantitative estimate of drug-likeness (QED) is 0.543. The van der Waals surface area contributed by atoms with Crippen molar-refractivity contribution in [1.29, 1.82) is 0 Å². The molecule has 0 spiro atoms. The number of rotatable bonds is 3. The molecule has 1 saturated carbocycles. The second-order valence-electron chi connectivity index (χ2n) is 10.3. The van der Waals surface area contributed by atoms with Crippen molar-refractivity contribution in [2.75, 3.05) is 4.90 Å². The van der Waals surface area contributed by atoms with E-state index in [-0.39, 0.29) is 17.9 Å². The van der Waals surface area contributed by atoms with Gasteiger partial charge in [0.25, 0.3) is 5.91 Å². The van der Waals surface area contributed by atoms with Crippen molar-refractivity contribution >= 4 is 39.1 Å². The lowest BCUT2D eigenvalue weighted by Gasteiger charge is -2.46. The van der Waals surface area contributed by atoms with E-state index in [1.54, 1.807) is 16.2 Å². The van der Waals surface area contributed by atoms with Gasteiger partial charge in [0, 0.05) is 11.7 Å². The van der Waals surface area contributed by atoms with E-state index in [2.05, 4.69) is 25.2 Å². The molecule has 174 valence electrons. The highest BCUT2D eigenvalue weighted by Gasteiger charge is 2.49. The first kappa shape index (κ1) is 22.2. The molecule has 1 aliphatic heterocycles. The van der Waals surface area contributed by atoms with Crippen molar-refractivity contribution in [2.45, 2.75) is 72.0 Å². The molecule has 1 N–H and O–H groups in total. The number of anilines is 1. The minimum Gasteiger partial charge on any atom is -0.351 e. The lowest BCUT2D eigenvalue weighted by Crippen LogP contribution is -2.66. The molecule has 1 aliphatic carbocycles. The molecule has 4 atom stereocenters. The van der Waals surface area contributed by atoms with E-state index in [4.69, 9.17) is 0 Å². The first-order valence-electron chi connectivity index (χ1n) is 12.0. The average Bonchev–Trinajstić information content (AvgIpc) is 3.35. The number of hydrogen-bond donors (Lipinski definition) is 1. The number of fused-ring (bicyclic) bond motifs is 3. The number of nitrogens with one attached hydrogen (secondary N) is 1. The SMILES string of the molecule is Cc1ccc(N2C(=O)c3cc4sccc4n3C[C@]2(C)C(=O)N[C@@H]2CCC[C@H](C)[C@H]2C)c(C)c1. The first-order valence-corrected chi connectivity index (χ1v) is 12.9. The van der Waals surface area contributed by atoms with Crippen LogP contribution < -0.4 is 10.2 Å². The third kappa shape index (κ3) is 3.50. The molecular formula is C27H33N3O2S. The molecule has 33 heavy (non-hydrogen) atoms. The largest absolute Gasteiger partial charge is 0.351 e. The summed E-state index contributed by atoms with van der Waals surface area (Å²) in [5, 5.41) is 5.42. The minimum absolute atomic E-state index is 0.0653.